The number of amides is 2. The zero-order valence-electron chi connectivity index (χ0n) is 13.3. The maximum Gasteiger partial charge on any atom is 0.264 e. The topological polar surface area (TPSA) is 49.4 Å². The van der Waals surface area contributed by atoms with Crippen LogP contribution in [-0.2, 0) is 4.79 Å². The quantitative estimate of drug-likeness (QED) is 0.940. The Hall–Kier alpha value is -2.14. The average molecular weight is 316 g/mol. The summed E-state index contributed by atoms with van der Waals surface area (Å²) in [6.07, 6.45) is 0. The van der Waals surface area contributed by atoms with Crippen LogP contribution in [0.1, 0.15) is 26.4 Å². The first-order valence-corrected chi connectivity index (χ1v) is 7.93. The molecule has 0 aliphatic heterocycles. The van der Waals surface area contributed by atoms with Gasteiger partial charge in [0, 0.05) is 12.7 Å². The lowest BCUT2D eigenvalue weighted by Gasteiger charge is -2.18. The van der Waals surface area contributed by atoms with Crippen LogP contribution < -0.4 is 5.32 Å². The number of rotatable bonds is 4. The summed E-state index contributed by atoms with van der Waals surface area (Å²) in [5, 5.41) is 4.75. The molecule has 0 radical (unpaired) electrons. The minimum atomic E-state index is -0.192. The van der Waals surface area contributed by atoms with Crippen LogP contribution in [0, 0.1) is 20.8 Å². The highest BCUT2D eigenvalue weighted by molar-refractivity contribution is 7.12. The largest absolute Gasteiger partial charge is 0.332 e. The Labute approximate surface area is 134 Å². The Balaban J connectivity index is 2.03. The molecule has 2 aromatic rings. The lowest BCUT2D eigenvalue weighted by Crippen LogP contribution is -2.34. The number of aryl methyl sites for hydroxylation is 3. The third-order valence-electron chi connectivity index (χ3n) is 3.40. The van der Waals surface area contributed by atoms with Gasteiger partial charge in [-0.25, -0.2) is 0 Å². The molecular weight excluding hydrogens is 296 g/mol. The zero-order chi connectivity index (χ0) is 16.3. The first-order chi connectivity index (χ1) is 10.4. The van der Waals surface area contributed by atoms with E-state index in [-0.39, 0.29) is 18.4 Å². The number of nitrogens with one attached hydrogen (secondary N) is 1. The van der Waals surface area contributed by atoms with Crippen LogP contribution in [0.15, 0.2) is 29.6 Å². The van der Waals surface area contributed by atoms with Gasteiger partial charge in [0.1, 0.15) is 0 Å². The monoisotopic (exact) mass is 316 g/mol. The van der Waals surface area contributed by atoms with Gasteiger partial charge in [0.25, 0.3) is 5.91 Å². The molecule has 0 bridgehead atoms. The number of likely N-dealkylation sites (N-methyl/N-ethyl adjacent to an activating group) is 1. The summed E-state index contributed by atoms with van der Waals surface area (Å²) < 4.78 is 0. The summed E-state index contributed by atoms with van der Waals surface area (Å²) in [6, 6.07) is 7.65. The van der Waals surface area contributed by atoms with E-state index in [1.807, 2.05) is 44.4 Å². The Morgan fingerprint density at radius 2 is 1.82 bits per heavy atom. The number of thiophene rings is 1. The lowest BCUT2D eigenvalue weighted by atomic mass is 10.1. The van der Waals surface area contributed by atoms with Crippen molar-refractivity contribution in [3.8, 4) is 0 Å². The van der Waals surface area contributed by atoms with Gasteiger partial charge in [-0.1, -0.05) is 23.8 Å². The van der Waals surface area contributed by atoms with Gasteiger partial charge >= 0.3 is 0 Å². The van der Waals surface area contributed by atoms with Crippen molar-refractivity contribution in [1.29, 1.82) is 0 Å². The van der Waals surface area contributed by atoms with E-state index in [2.05, 4.69) is 5.32 Å². The van der Waals surface area contributed by atoms with Crippen molar-refractivity contribution in [2.75, 3.05) is 18.9 Å². The molecule has 1 aromatic carbocycles. The lowest BCUT2D eigenvalue weighted by molar-refractivity contribution is -0.116. The number of benzene rings is 1. The molecule has 0 saturated heterocycles. The fourth-order valence-electron chi connectivity index (χ4n) is 2.43. The predicted molar refractivity (Wildman–Crippen MR) is 90.6 cm³/mol. The third-order valence-corrected chi connectivity index (χ3v) is 4.26. The first-order valence-electron chi connectivity index (χ1n) is 7.05. The van der Waals surface area contributed by atoms with Gasteiger partial charge in [0.05, 0.1) is 11.4 Å². The second-order valence-electron chi connectivity index (χ2n) is 5.46. The van der Waals surface area contributed by atoms with Crippen molar-refractivity contribution in [1.82, 2.24) is 4.90 Å². The van der Waals surface area contributed by atoms with Gasteiger partial charge in [-0.2, -0.15) is 0 Å². The molecule has 0 fully saturated rings. The molecule has 1 aromatic heterocycles. The minimum Gasteiger partial charge on any atom is -0.332 e. The molecule has 0 saturated carbocycles. The molecule has 1 N–H and O–H groups in total. The minimum absolute atomic E-state index is 0.0312. The maximum atomic E-state index is 12.2. The Bertz CT molecular complexity index is 670. The molecule has 5 heteroatoms. The van der Waals surface area contributed by atoms with Gasteiger partial charge in [-0.15, -0.1) is 11.3 Å². The number of anilines is 1. The van der Waals surface area contributed by atoms with E-state index in [9.17, 15) is 9.59 Å². The molecule has 0 atom stereocenters. The molecule has 4 nitrogen and oxygen atoms in total. The van der Waals surface area contributed by atoms with Crippen molar-refractivity contribution >= 4 is 28.8 Å². The smallest absolute Gasteiger partial charge is 0.264 e. The highest BCUT2D eigenvalue weighted by atomic mass is 32.1. The fraction of sp³-hybridized carbons (Fsp3) is 0.294. The Kier molecular flexibility index (Phi) is 4.98. The molecule has 2 amide bonds. The van der Waals surface area contributed by atoms with Crippen molar-refractivity contribution in [2.45, 2.75) is 20.8 Å². The zero-order valence-corrected chi connectivity index (χ0v) is 14.1. The van der Waals surface area contributed by atoms with E-state index in [1.165, 1.54) is 16.2 Å². The van der Waals surface area contributed by atoms with Crippen LogP contribution in [0.4, 0.5) is 5.69 Å². The second-order valence-corrected chi connectivity index (χ2v) is 6.41. The van der Waals surface area contributed by atoms with E-state index in [0.717, 1.165) is 22.4 Å². The number of carbonyl (C=O) groups is 2. The number of hydrogen-bond donors (Lipinski definition) is 1. The molecule has 0 unspecified atom stereocenters. The molecule has 116 valence electrons. The van der Waals surface area contributed by atoms with Crippen LogP contribution in [0.3, 0.4) is 0 Å². The van der Waals surface area contributed by atoms with E-state index in [0.29, 0.717) is 4.88 Å². The number of nitrogens with zero attached hydrogens (tertiary/aromatic N) is 1. The number of hydrogen-bond acceptors (Lipinski definition) is 3. The van der Waals surface area contributed by atoms with Gasteiger partial charge in [0.15, 0.2) is 0 Å². The molecular formula is C17H20N2O2S. The van der Waals surface area contributed by atoms with Crippen molar-refractivity contribution < 1.29 is 9.59 Å². The summed E-state index contributed by atoms with van der Waals surface area (Å²) >= 11 is 1.37. The number of carbonyl (C=O) groups excluding carboxylic acids is 2. The summed E-state index contributed by atoms with van der Waals surface area (Å²) in [5.74, 6) is -0.329. The normalized spacial score (nSPS) is 10.4. The van der Waals surface area contributed by atoms with Crippen LogP contribution in [-0.4, -0.2) is 30.3 Å². The summed E-state index contributed by atoms with van der Waals surface area (Å²) in [7, 11) is 1.64. The fourth-order valence-corrected chi connectivity index (χ4v) is 3.15. The van der Waals surface area contributed by atoms with Gasteiger partial charge in [0.2, 0.25) is 5.91 Å². The van der Waals surface area contributed by atoms with Crippen molar-refractivity contribution in [2.24, 2.45) is 0 Å². The van der Waals surface area contributed by atoms with Crippen molar-refractivity contribution in [3.05, 3.63) is 51.2 Å². The SMILES string of the molecule is Cc1cc(C)c(NC(=O)CN(C)C(=O)c2cccs2)c(C)c1. The average Bonchev–Trinajstić information content (AvgIpc) is 2.95. The van der Waals surface area contributed by atoms with E-state index >= 15 is 0 Å². The van der Waals surface area contributed by atoms with Crippen LogP contribution in [0.25, 0.3) is 0 Å². The van der Waals surface area contributed by atoms with Gasteiger partial charge in [-0.05, 0) is 43.3 Å². The second kappa shape index (κ2) is 6.75. The Morgan fingerprint density at radius 1 is 1.18 bits per heavy atom. The summed E-state index contributed by atoms with van der Waals surface area (Å²) in [6.45, 7) is 5.99. The standard InChI is InChI=1S/C17H20N2O2S/c1-11-8-12(2)16(13(3)9-11)18-15(20)10-19(4)17(21)14-6-5-7-22-14/h5-9H,10H2,1-4H3,(H,18,20). The van der Waals surface area contributed by atoms with Crippen LogP contribution in [0.5, 0.6) is 0 Å². The summed E-state index contributed by atoms with van der Waals surface area (Å²) in [5.41, 5.74) is 4.04. The highest BCUT2D eigenvalue weighted by Crippen LogP contribution is 2.21. The molecule has 0 aliphatic rings. The van der Waals surface area contributed by atoms with E-state index in [4.69, 9.17) is 0 Å². The van der Waals surface area contributed by atoms with Crippen LogP contribution >= 0.6 is 11.3 Å². The van der Waals surface area contributed by atoms with Crippen molar-refractivity contribution in [3.63, 3.8) is 0 Å². The molecule has 22 heavy (non-hydrogen) atoms. The first kappa shape index (κ1) is 16.2. The predicted octanol–water partition coefficient (Wildman–Crippen LogP) is 3.38. The molecule has 2 rings (SSSR count). The third kappa shape index (κ3) is 3.74. The molecule has 0 spiro atoms. The van der Waals surface area contributed by atoms with Gasteiger partial charge in [-0.3, -0.25) is 9.59 Å². The maximum absolute atomic E-state index is 12.2. The van der Waals surface area contributed by atoms with Crippen LogP contribution in [0.2, 0.25) is 0 Å². The van der Waals surface area contributed by atoms with E-state index in [1.54, 1.807) is 13.1 Å². The highest BCUT2D eigenvalue weighted by Gasteiger charge is 2.16. The van der Waals surface area contributed by atoms with Gasteiger partial charge < -0.3 is 10.2 Å². The molecule has 0 aliphatic carbocycles. The molecule has 1 heterocycles. The summed E-state index contributed by atoms with van der Waals surface area (Å²) in [4.78, 5) is 26.4. The Morgan fingerprint density at radius 3 is 2.36 bits per heavy atom. The van der Waals surface area contributed by atoms with E-state index < -0.39 is 0 Å².